The first-order valence-corrected chi connectivity index (χ1v) is 8.30. The standard InChI is InChI=1S/C16H21ClN8O2/c17-12-14(24-13(19)11(23-12)6-22-16(20)21)25-15(26)10(18)8-27-7-9-4-2-1-3-5-9/h1-5,10H,6-8,18H2,(H4,20,21,22)(H3,19,24,25,26). The summed E-state index contributed by atoms with van der Waals surface area (Å²) in [6.45, 7) is 0.376. The summed E-state index contributed by atoms with van der Waals surface area (Å²) in [6, 6.07) is 8.60. The van der Waals surface area contributed by atoms with Gasteiger partial charge in [0.15, 0.2) is 16.9 Å². The van der Waals surface area contributed by atoms with Gasteiger partial charge in [-0.15, -0.1) is 0 Å². The van der Waals surface area contributed by atoms with Crippen molar-refractivity contribution >= 4 is 35.1 Å². The van der Waals surface area contributed by atoms with Crippen LogP contribution < -0.4 is 28.3 Å². The summed E-state index contributed by atoms with van der Waals surface area (Å²) >= 11 is 6.02. The number of nitrogens with one attached hydrogen (secondary N) is 1. The largest absolute Gasteiger partial charge is 0.382 e. The molecule has 1 aromatic carbocycles. The third kappa shape index (κ3) is 6.37. The molecule has 1 atom stereocenters. The number of aliphatic imine (C=N–C) groups is 1. The molecular formula is C16H21ClN8O2. The molecule has 9 N–H and O–H groups in total. The lowest BCUT2D eigenvalue weighted by molar-refractivity contribution is -0.118. The topological polar surface area (TPSA) is 181 Å². The van der Waals surface area contributed by atoms with Crippen LogP contribution in [-0.4, -0.2) is 34.5 Å². The molecule has 2 rings (SSSR count). The highest BCUT2D eigenvalue weighted by atomic mass is 35.5. The SMILES string of the molecule is NC(N)=NCc1nc(Cl)c(NC(=O)C(N)COCc2ccccc2)nc1N. The first kappa shape index (κ1) is 20.4. The summed E-state index contributed by atoms with van der Waals surface area (Å²) in [6.07, 6.45) is 0. The number of halogens is 1. The number of rotatable bonds is 8. The molecule has 10 nitrogen and oxygen atoms in total. The van der Waals surface area contributed by atoms with Crippen LogP contribution in [0.15, 0.2) is 35.3 Å². The highest BCUT2D eigenvalue weighted by Crippen LogP contribution is 2.21. The predicted octanol–water partition coefficient (Wildman–Crippen LogP) is -0.0318. The Balaban J connectivity index is 1.92. The molecule has 1 amide bonds. The minimum absolute atomic E-state index is 0.00822. The van der Waals surface area contributed by atoms with Crippen LogP contribution in [0.3, 0.4) is 0 Å². The van der Waals surface area contributed by atoms with Crippen molar-refractivity contribution in [1.29, 1.82) is 0 Å². The van der Waals surface area contributed by atoms with Gasteiger partial charge < -0.3 is 33.0 Å². The predicted molar refractivity (Wildman–Crippen MR) is 104 cm³/mol. The van der Waals surface area contributed by atoms with Crippen molar-refractivity contribution in [3.05, 3.63) is 46.7 Å². The third-order valence-electron chi connectivity index (χ3n) is 3.36. The summed E-state index contributed by atoms with van der Waals surface area (Å²) in [7, 11) is 0. The average molecular weight is 393 g/mol. The first-order chi connectivity index (χ1) is 12.9. The van der Waals surface area contributed by atoms with E-state index in [4.69, 9.17) is 39.3 Å². The Bertz CT molecular complexity index is 812. The summed E-state index contributed by atoms with van der Waals surface area (Å²) in [4.78, 5) is 24.0. The molecule has 144 valence electrons. The Hall–Kier alpha value is -2.95. The van der Waals surface area contributed by atoms with E-state index in [0.717, 1.165) is 5.56 Å². The van der Waals surface area contributed by atoms with Crippen LogP contribution in [0.5, 0.6) is 0 Å². The Labute approximate surface area is 161 Å². The van der Waals surface area contributed by atoms with Gasteiger partial charge >= 0.3 is 0 Å². The molecule has 0 aliphatic rings. The quantitative estimate of drug-likeness (QED) is 0.306. The number of guanidine groups is 1. The normalized spacial score (nSPS) is 11.6. The fourth-order valence-corrected chi connectivity index (χ4v) is 2.18. The van der Waals surface area contributed by atoms with Crippen LogP contribution in [0, 0.1) is 0 Å². The van der Waals surface area contributed by atoms with Gasteiger partial charge in [-0.05, 0) is 5.56 Å². The third-order valence-corrected chi connectivity index (χ3v) is 3.62. The molecule has 0 bridgehead atoms. The van der Waals surface area contributed by atoms with Gasteiger partial charge in [-0.3, -0.25) is 4.79 Å². The lowest BCUT2D eigenvalue weighted by atomic mass is 10.2. The molecule has 1 aromatic heterocycles. The van der Waals surface area contributed by atoms with Gasteiger partial charge in [0.2, 0.25) is 5.91 Å². The van der Waals surface area contributed by atoms with E-state index in [2.05, 4.69) is 20.3 Å². The number of nitrogen functional groups attached to an aromatic ring is 1. The van der Waals surface area contributed by atoms with Gasteiger partial charge in [-0.2, -0.15) is 0 Å². The smallest absolute Gasteiger partial charge is 0.244 e. The van der Waals surface area contributed by atoms with Crippen LogP contribution in [0.25, 0.3) is 0 Å². The number of nitrogens with zero attached hydrogens (tertiary/aromatic N) is 3. The van der Waals surface area contributed by atoms with Crippen LogP contribution in [0.1, 0.15) is 11.3 Å². The van der Waals surface area contributed by atoms with Crippen molar-refractivity contribution in [2.75, 3.05) is 17.7 Å². The van der Waals surface area contributed by atoms with E-state index >= 15 is 0 Å². The fourth-order valence-electron chi connectivity index (χ4n) is 1.98. The highest BCUT2D eigenvalue weighted by molar-refractivity contribution is 6.32. The van der Waals surface area contributed by atoms with E-state index in [-0.39, 0.29) is 41.6 Å². The van der Waals surface area contributed by atoms with Crippen LogP contribution in [0.2, 0.25) is 5.15 Å². The molecule has 0 aliphatic heterocycles. The zero-order valence-electron chi connectivity index (χ0n) is 14.4. The number of ether oxygens (including phenoxy) is 1. The van der Waals surface area contributed by atoms with Crippen molar-refractivity contribution in [2.45, 2.75) is 19.2 Å². The van der Waals surface area contributed by atoms with E-state index < -0.39 is 11.9 Å². The maximum Gasteiger partial charge on any atom is 0.244 e. The number of amides is 1. The summed E-state index contributed by atoms with van der Waals surface area (Å²) in [5, 5.41) is 2.42. The van der Waals surface area contributed by atoms with Gasteiger partial charge in [0.1, 0.15) is 17.6 Å². The summed E-state index contributed by atoms with van der Waals surface area (Å²) < 4.78 is 5.45. The molecule has 0 fully saturated rings. The second kappa shape index (κ2) is 9.67. The summed E-state index contributed by atoms with van der Waals surface area (Å²) in [5.41, 5.74) is 23.4. The van der Waals surface area contributed by atoms with Crippen LogP contribution in [0.4, 0.5) is 11.6 Å². The number of benzene rings is 1. The van der Waals surface area contributed by atoms with Gasteiger partial charge in [0.25, 0.3) is 0 Å². The van der Waals surface area contributed by atoms with E-state index in [1.54, 1.807) is 0 Å². The van der Waals surface area contributed by atoms with Gasteiger partial charge in [0, 0.05) is 0 Å². The number of anilines is 2. The zero-order valence-corrected chi connectivity index (χ0v) is 15.2. The van der Waals surface area contributed by atoms with Gasteiger partial charge in [0.05, 0.1) is 19.8 Å². The number of hydrogen-bond donors (Lipinski definition) is 5. The van der Waals surface area contributed by atoms with Crippen LogP contribution in [-0.2, 0) is 22.7 Å². The average Bonchev–Trinajstić information content (AvgIpc) is 2.64. The first-order valence-electron chi connectivity index (χ1n) is 7.92. The number of carbonyl (C=O) groups is 1. The van der Waals surface area contributed by atoms with Crippen molar-refractivity contribution < 1.29 is 9.53 Å². The Morgan fingerprint density at radius 2 is 1.96 bits per heavy atom. The molecule has 27 heavy (non-hydrogen) atoms. The molecule has 0 saturated carbocycles. The van der Waals surface area contributed by atoms with Crippen molar-refractivity contribution in [1.82, 2.24) is 9.97 Å². The lowest BCUT2D eigenvalue weighted by Gasteiger charge is -2.14. The molecule has 0 aliphatic carbocycles. The van der Waals surface area contributed by atoms with E-state index in [9.17, 15) is 4.79 Å². The molecule has 1 heterocycles. The zero-order chi connectivity index (χ0) is 19.8. The van der Waals surface area contributed by atoms with Gasteiger partial charge in [-0.1, -0.05) is 41.9 Å². The Kier molecular flexibility index (Phi) is 7.29. The molecule has 2 aromatic rings. The molecule has 1 unspecified atom stereocenters. The van der Waals surface area contributed by atoms with Crippen LogP contribution >= 0.6 is 11.6 Å². The van der Waals surface area contributed by atoms with E-state index in [1.807, 2.05) is 30.3 Å². The molecule has 0 spiro atoms. The molecule has 11 heteroatoms. The molecule has 0 radical (unpaired) electrons. The highest BCUT2D eigenvalue weighted by Gasteiger charge is 2.18. The Morgan fingerprint density at radius 1 is 1.26 bits per heavy atom. The number of nitrogens with two attached hydrogens (primary N) is 4. The van der Waals surface area contributed by atoms with Crippen molar-refractivity contribution in [3.8, 4) is 0 Å². The number of carbonyl (C=O) groups excluding carboxylic acids is 1. The molecular weight excluding hydrogens is 372 g/mol. The maximum atomic E-state index is 12.2. The second-order valence-electron chi connectivity index (χ2n) is 5.53. The van der Waals surface area contributed by atoms with Crippen molar-refractivity contribution in [2.24, 2.45) is 22.2 Å². The second-order valence-corrected chi connectivity index (χ2v) is 5.89. The fraction of sp³-hybridized carbons (Fsp3) is 0.250. The number of aromatic nitrogens is 2. The number of hydrogen-bond acceptors (Lipinski definition) is 7. The van der Waals surface area contributed by atoms with Crippen molar-refractivity contribution in [3.63, 3.8) is 0 Å². The minimum atomic E-state index is -0.922. The minimum Gasteiger partial charge on any atom is -0.382 e. The summed E-state index contributed by atoms with van der Waals surface area (Å²) in [5.74, 6) is -0.624. The lowest BCUT2D eigenvalue weighted by Crippen LogP contribution is -2.39. The maximum absolute atomic E-state index is 12.2. The van der Waals surface area contributed by atoms with E-state index in [0.29, 0.717) is 6.61 Å². The molecule has 0 saturated heterocycles. The monoisotopic (exact) mass is 392 g/mol. The van der Waals surface area contributed by atoms with E-state index in [1.165, 1.54) is 0 Å². The van der Waals surface area contributed by atoms with Gasteiger partial charge in [-0.25, -0.2) is 15.0 Å². The Morgan fingerprint density at radius 3 is 2.63 bits per heavy atom.